The normalized spacial score (nSPS) is 20.3. The van der Waals surface area contributed by atoms with Gasteiger partial charge in [-0.3, -0.25) is 9.69 Å². The van der Waals surface area contributed by atoms with E-state index in [1.54, 1.807) is 7.05 Å². The molecule has 0 aromatic carbocycles. The van der Waals surface area contributed by atoms with Gasteiger partial charge in [0.05, 0.1) is 13.2 Å². The van der Waals surface area contributed by atoms with Gasteiger partial charge in [-0.25, -0.2) is 0 Å². The van der Waals surface area contributed by atoms with Gasteiger partial charge in [-0.2, -0.15) is 4.98 Å². The third-order valence-corrected chi connectivity index (χ3v) is 3.15. The van der Waals surface area contributed by atoms with Crippen molar-refractivity contribution in [2.24, 2.45) is 5.92 Å². The number of amides is 1. The molecule has 1 amide bonds. The number of hydrogen-bond acceptors (Lipinski definition) is 6. The Bertz CT molecular complexity index is 447. The van der Waals surface area contributed by atoms with Crippen LogP contribution in [0.1, 0.15) is 25.6 Å². The number of ether oxygens (including phenoxy) is 1. The number of hydrogen-bond donors (Lipinski definition) is 1. The molecule has 1 aliphatic rings. The van der Waals surface area contributed by atoms with Crippen LogP contribution in [-0.4, -0.2) is 53.8 Å². The fourth-order valence-corrected chi connectivity index (χ4v) is 2.15. The van der Waals surface area contributed by atoms with Crippen molar-refractivity contribution in [2.75, 3.05) is 26.7 Å². The van der Waals surface area contributed by atoms with Gasteiger partial charge in [-0.05, 0) is 5.92 Å². The molecular formula is C13H22N4O3. The first-order valence-corrected chi connectivity index (χ1v) is 6.95. The second-order valence-corrected chi connectivity index (χ2v) is 5.41. The summed E-state index contributed by atoms with van der Waals surface area (Å²) in [7, 11) is 1.61. The summed E-state index contributed by atoms with van der Waals surface area (Å²) in [4.78, 5) is 18.1. The third-order valence-electron chi connectivity index (χ3n) is 3.15. The van der Waals surface area contributed by atoms with Gasteiger partial charge >= 0.3 is 0 Å². The third kappa shape index (κ3) is 4.01. The lowest BCUT2D eigenvalue weighted by atomic mass is 10.1. The maximum atomic E-state index is 11.6. The minimum atomic E-state index is -0.421. The molecule has 0 unspecified atom stereocenters. The summed E-state index contributed by atoms with van der Waals surface area (Å²) in [5.41, 5.74) is 0. The Kier molecular flexibility index (Phi) is 5.08. The van der Waals surface area contributed by atoms with Crippen LogP contribution < -0.4 is 5.32 Å². The van der Waals surface area contributed by atoms with Gasteiger partial charge in [0.2, 0.25) is 11.8 Å². The van der Waals surface area contributed by atoms with Crippen LogP contribution in [0.5, 0.6) is 0 Å². The molecule has 0 saturated carbocycles. The minimum Gasteiger partial charge on any atom is -0.366 e. The first kappa shape index (κ1) is 14.9. The van der Waals surface area contributed by atoms with Crippen molar-refractivity contribution in [3.8, 4) is 0 Å². The Morgan fingerprint density at radius 2 is 2.35 bits per heavy atom. The number of nitrogens with zero attached hydrogens (tertiary/aromatic N) is 3. The maximum absolute atomic E-state index is 11.6. The number of aromatic nitrogens is 2. The van der Waals surface area contributed by atoms with E-state index in [1.165, 1.54) is 0 Å². The molecule has 0 spiro atoms. The lowest BCUT2D eigenvalue weighted by molar-refractivity contribution is -0.138. The predicted octanol–water partition coefficient (Wildman–Crippen LogP) is 0.215. The van der Waals surface area contributed by atoms with E-state index in [-0.39, 0.29) is 5.91 Å². The van der Waals surface area contributed by atoms with E-state index in [1.807, 2.05) is 0 Å². The van der Waals surface area contributed by atoms with E-state index in [9.17, 15) is 4.79 Å². The fourth-order valence-electron chi connectivity index (χ4n) is 2.15. The van der Waals surface area contributed by atoms with Gasteiger partial charge < -0.3 is 14.6 Å². The molecule has 0 radical (unpaired) electrons. The molecule has 7 nitrogen and oxygen atoms in total. The average molecular weight is 282 g/mol. The molecule has 1 aromatic rings. The molecule has 1 saturated heterocycles. The van der Waals surface area contributed by atoms with Crippen LogP contribution >= 0.6 is 0 Å². The topological polar surface area (TPSA) is 80.5 Å². The Morgan fingerprint density at radius 3 is 3.05 bits per heavy atom. The Balaban J connectivity index is 1.89. The van der Waals surface area contributed by atoms with Gasteiger partial charge in [-0.15, -0.1) is 0 Å². The highest BCUT2D eigenvalue weighted by Gasteiger charge is 2.26. The highest BCUT2D eigenvalue weighted by molar-refractivity contribution is 5.80. The number of likely N-dealkylation sites (N-methyl/N-ethyl adjacent to an activating group) is 1. The monoisotopic (exact) mass is 282 g/mol. The summed E-state index contributed by atoms with van der Waals surface area (Å²) in [5, 5.41) is 6.59. The zero-order valence-corrected chi connectivity index (χ0v) is 12.3. The molecule has 112 valence electrons. The summed E-state index contributed by atoms with van der Waals surface area (Å²) >= 11 is 0. The summed E-state index contributed by atoms with van der Waals surface area (Å²) in [6, 6.07) is 0. The van der Waals surface area contributed by atoms with Gasteiger partial charge in [0.25, 0.3) is 0 Å². The van der Waals surface area contributed by atoms with Crippen LogP contribution in [0.2, 0.25) is 0 Å². The highest BCUT2D eigenvalue weighted by Crippen LogP contribution is 2.10. The van der Waals surface area contributed by atoms with E-state index in [2.05, 4.69) is 34.2 Å². The molecule has 1 aliphatic heterocycles. The Hall–Kier alpha value is -1.47. The van der Waals surface area contributed by atoms with E-state index in [4.69, 9.17) is 9.26 Å². The fraction of sp³-hybridized carbons (Fsp3) is 0.769. The summed E-state index contributed by atoms with van der Waals surface area (Å²) < 4.78 is 10.7. The van der Waals surface area contributed by atoms with Crippen LogP contribution in [0.15, 0.2) is 4.52 Å². The molecule has 2 rings (SSSR count). The summed E-state index contributed by atoms with van der Waals surface area (Å²) in [5.74, 6) is 1.73. The highest BCUT2D eigenvalue weighted by atomic mass is 16.5. The lowest BCUT2D eigenvalue weighted by Gasteiger charge is -2.30. The molecule has 2 heterocycles. The number of rotatable bonds is 5. The molecule has 1 fully saturated rings. The maximum Gasteiger partial charge on any atom is 0.250 e. The molecule has 7 heteroatoms. The molecule has 0 bridgehead atoms. The summed E-state index contributed by atoms with van der Waals surface area (Å²) in [6.07, 6.45) is 0.368. The number of morpholine rings is 1. The van der Waals surface area contributed by atoms with Crippen LogP contribution in [0.3, 0.4) is 0 Å². The standard InChI is InChI=1S/C13H22N4O3/c1-9(2)6-12-15-11(16-20-12)8-17-4-5-19-10(7-17)13(18)14-3/h9-10H,4-8H2,1-3H3,(H,14,18)/t10-/m1/s1. The van der Waals surface area contributed by atoms with Crippen LogP contribution in [0, 0.1) is 5.92 Å². The first-order chi connectivity index (χ1) is 9.58. The molecule has 1 aromatic heterocycles. The van der Waals surface area contributed by atoms with Gasteiger partial charge in [-0.1, -0.05) is 19.0 Å². The number of carbonyl (C=O) groups is 1. The van der Waals surface area contributed by atoms with Gasteiger partial charge in [0, 0.05) is 26.6 Å². The van der Waals surface area contributed by atoms with E-state index >= 15 is 0 Å². The van der Waals surface area contributed by atoms with Crippen molar-refractivity contribution in [3.05, 3.63) is 11.7 Å². The summed E-state index contributed by atoms with van der Waals surface area (Å²) in [6.45, 7) is 6.65. The lowest BCUT2D eigenvalue weighted by Crippen LogP contribution is -2.48. The van der Waals surface area contributed by atoms with Crippen molar-refractivity contribution in [2.45, 2.75) is 32.9 Å². The zero-order chi connectivity index (χ0) is 14.5. The van der Waals surface area contributed by atoms with E-state index in [0.29, 0.717) is 37.3 Å². The molecule has 20 heavy (non-hydrogen) atoms. The van der Waals surface area contributed by atoms with Crippen LogP contribution in [0.4, 0.5) is 0 Å². The SMILES string of the molecule is CNC(=O)[C@H]1CN(Cc2noc(CC(C)C)n2)CCO1. The van der Waals surface area contributed by atoms with Crippen molar-refractivity contribution >= 4 is 5.91 Å². The molecule has 1 N–H and O–H groups in total. The van der Waals surface area contributed by atoms with Crippen LogP contribution in [0.25, 0.3) is 0 Å². The average Bonchev–Trinajstić information content (AvgIpc) is 2.84. The van der Waals surface area contributed by atoms with Gasteiger partial charge in [0.1, 0.15) is 6.10 Å². The van der Waals surface area contributed by atoms with Crippen LogP contribution in [-0.2, 0) is 22.5 Å². The first-order valence-electron chi connectivity index (χ1n) is 6.95. The van der Waals surface area contributed by atoms with Crippen molar-refractivity contribution < 1.29 is 14.1 Å². The molecule has 1 atom stereocenters. The Labute approximate surface area is 118 Å². The smallest absolute Gasteiger partial charge is 0.250 e. The molecular weight excluding hydrogens is 260 g/mol. The van der Waals surface area contributed by atoms with Gasteiger partial charge in [0.15, 0.2) is 5.82 Å². The largest absolute Gasteiger partial charge is 0.366 e. The van der Waals surface area contributed by atoms with E-state index in [0.717, 1.165) is 13.0 Å². The van der Waals surface area contributed by atoms with Crippen molar-refractivity contribution in [1.82, 2.24) is 20.4 Å². The van der Waals surface area contributed by atoms with E-state index < -0.39 is 6.10 Å². The van der Waals surface area contributed by atoms with Crippen molar-refractivity contribution in [3.63, 3.8) is 0 Å². The number of nitrogens with one attached hydrogen (secondary N) is 1. The Morgan fingerprint density at radius 1 is 1.55 bits per heavy atom. The second-order valence-electron chi connectivity index (χ2n) is 5.41. The minimum absolute atomic E-state index is 0.0942. The zero-order valence-electron chi connectivity index (χ0n) is 12.3. The number of carbonyl (C=O) groups excluding carboxylic acids is 1. The van der Waals surface area contributed by atoms with Crippen molar-refractivity contribution in [1.29, 1.82) is 0 Å². The predicted molar refractivity (Wildman–Crippen MR) is 71.9 cm³/mol. The quantitative estimate of drug-likeness (QED) is 0.832. The second kappa shape index (κ2) is 6.81. The molecule has 0 aliphatic carbocycles.